The van der Waals surface area contributed by atoms with E-state index in [9.17, 15) is 0 Å². The van der Waals surface area contributed by atoms with Crippen LogP contribution in [0.2, 0.25) is 0 Å². The molecule has 0 amide bonds. The molecule has 0 aromatic heterocycles. The molecule has 2 heterocycles. The van der Waals surface area contributed by atoms with Gasteiger partial charge in [-0.25, -0.2) is 10.8 Å². The van der Waals surface area contributed by atoms with Crippen molar-refractivity contribution >= 4 is 5.96 Å². The Bertz CT molecular complexity index is 296. The zero-order chi connectivity index (χ0) is 13.0. The Morgan fingerprint density at radius 2 is 2.33 bits per heavy atom. The van der Waals surface area contributed by atoms with E-state index < -0.39 is 0 Å². The van der Waals surface area contributed by atoms with E-state index in [0.717, 1.165) is 19.0 Å². The Balaban J connectivity index is 1.98. The molecule has 0 saturated carbocycles. The van der Waals surface area contributed by atoms with Gasteiger partial charge in [0.25, 0.3) is 0 Å². The number of hydrogen-bond acceptors (Lipinski definition) is 4. The highest BCUT2D eigenvalue weighted by atomic mass is 16.5. The molecule has 2 atom stereocenters. The number of fused-ring (bicyclic) bond motifs is 1. The van der Waals surface area contributed by atoms with Crippen molar-refractivity contribution in [2.24, 2.45) is 10.8 Å². The molecule has 2 aliphatic heterocycles. The van der Waals surface area contributed by atoms with Crippen LogP contribution in [0.3, 0.4) is 0 Å². The number of rotatable bonds is 3. The summed E-state index contributed by atoms with van der Waals surface area (Å²) in [5.41, 5.74) is 2.74. The second-order valence-corrected chi connectivity index (χ2v) is 5.13. The molecule has 0 aromatic carbocycles. The van der Waals surface area contributed by atoms with E-state index in [2.05, 4.69) is 27.1 Å². The zero-order valence-corrected chi connectivity index (χ0v) is 11.4. The molecule has 6 heteroatoms. The highest BCUT2D eigenvalue weighted by Gasteiger charge is 2.35. The molecular formula is C12H25N5O. The fraction of sp³-hybridized carbons (Fsp3) is 0.917. The van der Waals surface area contributed by atoms with Gasteiger partial charge in [0.05, 0.1) is 13.2 Å². The molecule has 0 radical (unpaired) electrons. The van der Waals surface area contributed by atoms with E-state index in [-0.39, 0.29) is 0 Å². The highest BCUT2D eigenvalue weighted by molar-refractivity contribution is 5.79. The first kappa shape index (κ1) is 13.6. The number of hydrogen-bond donors (Lipinski definition) is 2. The van der Waals surface area contributed by atoms with Crippen LogP contribution in [0, 0.1) is 0 Å². The molecule has 104 valence electrons. The molecular weight excluding hydrogens is 230 g/mol. The van der Waals surface area contributed by atoms with Crippen LogP contribution in [0.15, 0.2) is 4.99 Å². The molecule has 0 bridgehead atoms. The van der Waals surface area contributed by atoms with Gasteiger partial charge in [-0.1, -0.05) is 0 Å². The Labute approximate surface area is 109 Å². The van der Waals surface area contributed by atoms with Gasteiger partial charge in [-0.15, -0.1) is 0 Å². The van der Waals surface area contributed by atoms with Crippen molar-refractivity contribution in [2.45, 2.75) is 31.8 Å². The van der Waals surface area contributed by atoms with Crippen LogP contribution in [0.25, 0.3) is 0 Å². The van der Waals surface area contributed by atoms with Crippen LogP contribution < -0.4 is 11.3 Å². The van der Waals surface area contributed by atoms with E-state index in [0.29, 0.717) is 25.2 Å². The minimum Gasteiger partial charge on any atom is -0.383 e. The van der Waals surface area contributed by atoms with Gasteiger partial charge in [-0.3, -0.25) is 10.3 Å². The zero-order valence-electron chi connectivity index (χ0n) is 11.4. The lowest BCUT2D eigenvalue weighted by molar-refractivity contribution is 0.106. The maximum atomic E-state index is 5.61. The average Bonchev–Trinajstić information content (AvgIpc) is 2.81. The van der Waals surface area contributed by atoms with Crippen LogP contribution in [0.1, 0.15) is 19.8 Å². The summed E-state index contributed by atoms with van der Waals surface area (Å²) < 4.78 is 5.02. The molecule has 18 heavy (non-hydrogen) atoms. The van der Waals surface area contributed by atoms with E-state index >= 15 is 0 Å². The Morgan fingerprint density at radius 3 is 3.06 bits per heavy atom. The van der Waals surface area contributed by atoms with Crippen molar-refractivity contribution in [1.29, 1.82) is 0 Å². The smallest absolute Gasteiger partial charge is 0.208 e. The number of nitrogens with zero attached hydrogens (tertiary/aromatic N) is 3. The maximum Gasteiger partial charge on any atom is 0.208 e. The summed E-state index contributed by atoms with van der Waals surface area (Å²) in [4.78, 5) is 9.36. The standard InChI is InChI=1S/C12H25N5O/c1-10-8-16-6-3-4-11(16)9-17(10)12(15-13)14-5-7-18-2/h10-11H,3-9,13H2,1-2H3,(H,14,15). The van der Waals surface area contributed by atoms with Gasteiger partial charge in [0.1, 0.15) is 0 Å². The van der Waals surface area contributed by atoms with Crippen LogP contribution >= 0.6 is 0 Å². The molecule has 2 aliphatic rings. The number of piperazine rings is 1. The van der Waals surface area contributed by atoms with Crippen molar-refractivity contribution < 1.29 is 4.74 Å². The van der Waals surface area contributed by atoms with Crippen molar-refractivity contribution in [2.75, 3.05) is 39.9 Å². The quantitative estimate of drug-likeness (QED) is 0.237. The van der Waals surface area contributed by atoms with Crippen LogP contribution in [-0.4, -0.2) is 67.7 Å². The third kappa shape index (κ3) is 2.93. The first-order valence-electron chi connectivity index (χ1n) is 6.77. The number of aliphatic imine (C=N–C) groups is 1. The summed E-state index contributed by atoms with van der Waals surface area (Å²) in [6, 6.07) is 1.12. The number of hydrazine groups is 1. The number of nitrogens with one attached hydrogen (secondary N) is 1. The fourth-order valence-electron chi connectivity index (χ4n) is 2.94. The van der Waals surface area contributed by atoms with E-state index in [1.165, 1.54) is 19.4 Å². The predicted molar refractivity (Wildman–Crippen MR) is 72.3 cm³/mol. The Morgan fingerprint density at radius 1 is 1.50 bits per heavy atom. The molecule has 0 aliphatic carbocycles. The topological polar surface area (TPSA) is 66.1 Å². The van der Waals surface area contributed by atoms with Gasteiger partial charge in [-0.05, 0) is 26.3 Å². The fourth-order valence-corrected chi connectivity index (χ4v) is 2.94. The van der Waals surface area contributed by atoms with Gasteiger partial charge in [0.2, 0.25) is 5.96 Å². The van der Waals surface area contributed by atoms with Gasteiger partial charge < -0.3 is 9.64 Å². The lowest BCUT2D eigenvalue weighted by Crippen LogP contribution is -2.60. The lowest BCUT2D eigenvalue weighted by atomic mass is 10.1. The minimum atomic E-state index is 0.455. The first-order valence-corrected chi connectivity index (χ1v) is 6.77. The summed E-state index contributed by atoms with van der Waals surface area (Å²) in [5.74, 6) is 6.41. The van der Waals surface area contributed by atoms with Crippen molar-refractivity contribution in [3.8, 4) is 0 Å². The van der Waals surface area contributed by atoms with Gasteiger partial charge in [0.15, 0.2) is 0 Å². The molecule has 2 saturated heterocycles. The molecule has 3 N–H and O–H groups in total. The van der Waals surface area contributed by atoms with Gasteiger partial charge >= 0.3 is 0 Å². The van der Waals surface area contributed by atoms with Crippen LogP contribution in [0.4, 0.5) is 0 Å². The highest BCUT2D eigenvalue weighted by Crippen LogP contribution is 2.24. The second-order valence-electron chi connectivity index (χ2n) is 5.13. The summed E-state index contributed by atoms with van der Waals surface area (Å²) in [6.07, 6.45) is 2.61. The largest absolute Gasteiger partial charge is 0.383 e. The first-order chi connectivity index (χ1) is 8.76. The van der Waals surface area contributed by atoms with Crippen LogP contribution in [0.5, 0.6) is 0 Å². The summed E-state index contributed by atoms with van der Waals surface area (Å²) in [6.45, 7) is 6.89. The maximum absolute atomic E-state index is 5.61. The monoisotopic (exact) mass is 255 g/mol. The SMILES string of the molecule is COCCN=C(NN)N1CC2CCCN2CC1C. The van der Waals surface area contributed by atoms with E-state index in [1.807, 2.05) is 0 Å². The van der Waals surface area contributed by atoms with Crippen molar-refractivity contribution in [1.82, 2.24) is 15.2 Å². The number of ether oxygens (including phenoxy) is 1. The normalized spacial score (nSPS) is 29.5. The summed E-state index contributed by atoms with van der Waals surface area (Å²) in [7, 11) is 1.69. The Hall–Kier alpha value is -0.850. The molecule has 2 rings (SSSR count). The van der Waals surface area contributed by atoms with Gasteiger partial charge in [-0.2, -0.15) is 0 Å². The third-order valence-corrected chi connectivity index (χ3v) is 3.90. The van der Waals surface area contributed by atoms with Crippen molar-refractivity contribution in [3.05, 3.63) is 0 Å². The summed E-state index contributed by atoms with van der Waals surface area (Å²) in [5, 5.41) is 0. The summed E-state index contributed by atoms with van der Waals surface area (Å²) >= 11 is 0. The average molecular weight is 255 g/mol. The van der Waals surface area contributed by atoms with Gasteiger partial charge in [0, 0.05) is 32.3 Å². The third-order valence-electron chi connectivity index (χ3n) is 3.90. The molecule has 0 spiro atoms. The molecule has 0 aromatic rings. The van der Waals surface area contributed by atoms with E-state index in [1.54, 1.807) is 7.11 Å². The Kier molecular flexibility index (Phi) is 4.79. The number of nitrogens with two attached hydrogens (primary N) is 1. The lowest BCUT2D eigenvalue weighted by Gasteiger charge is -2.43. The van der Waals surface area contributed by atoms with Crippen molar-refractivity contribution in [3.63, 3.8) is 0 Å². The number of methoxy groups -OCH3 is 1. The minimum absolute atomic E-state index is 0.455. The molecule has 6 nitrogen and oxygen atoms in total. The van der Waals surface area contributed by atoms with Crippen LogP contribution in [-0.2, 0) is 4.74 Å². The second kappa shape index (κ2) is 6.36. The molecule has 2 unspecified atom stereocenters. The molecule has 2 fully saturated rings. The van der Waals surface area contributed by atoms with E-state index in [4.69, 9.17) is 10.6 Å². The predicted octanol–water partition coefficient (Wildman–Crippen LogP) is -0.379. The number of guanidine groups is 1.